The summed E-state index contributed by atoms with van der Waals surface area (Å²) in [4.78, 5) is 11.8. The Morgan fingerprint density at radius 3 is 2.95 bits per heavy atom. The molecule has 1 heterocycles. The fourth-order valence-corrected chi connectivity index (χ4v) is 2.56. The van der Waals surface area contributed by atoms with Gasteiger partial charge in [-0.2, -0.15) is 0 Å². The van der Waals surface area contributed by atoms with Gasteiger partial charge in [-0.05, 0) is 37.5 Å². The minimum Gasteiger partial charge on any atom is -0.379 e. The van der Waals surface area contributed by atoms with Gasteiger partial charge < -0.3 is 10.1 Å². The Balaban J connectivity index is 2.13. The van der Waals surface area contributed by atoms with Crippen molar-refractivity contribution in [1.29, 1.82) is 0 Å². The first kappa shape index (κ1) is 14.6. The molecule has 1 aromatic carbocycles. The molecule has 1 aromatic rings. The van der Waals surface area contributed by atoms with Crippen molar-refractivity contribution in [2.75, 3.05) is 13.2 Å². The molecule has 1 saturated heterocycles. The van der Waals surface area contributed by atoms with E-state index in [1.165, 1.54) is 0 Å². The summed E-state index contributed by atoms with van der Waals surface area (Å²) in [6, 6.07) is 7.66. The predicted molar refractivity (Wildman–Crippen MR) is 76.8 cm³/mol. The van der Waals surface area contributed by atoms with Crippen LogP contribution in [0.25, 0.3) is 0 Å². The van der Waals surface area contributed by atoms with Gasteiger partial charge in [-0.1, -0.05) is 23.7 Å². The van der Waals surface area contributed by atoms with Crippen LogP contribution in [0, 0.1) is 0 Å². The molecule has 1 N–H and O–H groups in total. The van der Waals surface area contributed by atoms with E-state index >= 15 is 0 Å². The normalized spacial score (nSPS) is 24.2. The standard InChI is InChI=1S/C14H17Cl2NO2/c1-10(15)13(18)17-14(5-6-19-9-14)8-11-3-2-4-12(16)7-11/h2-4,7,10H,5-6,8-9H2,1H3,(H,17,18). The van der Waals surface area contributed by atoms with Gasteiger partial charge in [0.05, 0.1) is 12.1 Å². The number of ether oxygens (including phenoxy) is 1. The van der Waals surface area contributed by atoms with Crippen molar-refractivity contribution in [1.82, 2.24) is 5.32 Å². The van der Waals surface area contributed by atoms with Gasteiger partial charge in [0.1, 0.15) is 5.38 Å². The Hall–Kier alpha value is -0.770. The van der Waals surface area contributed by atoms with Crippen molar-refractivity contribution >= 4 is 29.1 Å². The molecule has 1 amide bonds. The molecule has 2 rings (SSSR count). The van der Waals surface area contributed by atoms with E-state index in [1.54, 1.807) is 6.92 Å². The summed E-state index contributed by atoms with van der Waals surface area (Å²) in [5, 5.41) is 3.17. The van der Waals surface area contributed by atoms with Gasteiger partial charge in [0.15, 0.2) is 0 Å². The summed E-state index contributed by atoms with van der Waals surface area (Å²) >= 11 is 11.8. The highest BCUT2D eigenvalue weighted by Gasteiger charge is 2.37. The first-order chi connectivity index (χ1) is 9.01. The van der Waals surface area contributed by atoms with Crippen LogP contribution in [0.15, 0.2) is 24.3 Å². The second kappa shape index (κ2) is 6.12. The van der Waals surface area contributed by atoms with Crippen molar-refractivity contribution in [3.05, 3.63) is 34.9 Å². The average Bonchev–Trinajstić information content (AvgIpc) is 2.77. The highest BCUT2D eigenvalue weighted by molar-refractivity contribution is 6.30. The number of hydrogen-bond donors (Lipinski definition) is 1. The first-order valence-corrected chi connectivity index (χ1v) is 7.10. The molecule has 2 unspecified atom stereocenters. The maximum absolute atomic E-state index is 11.8. The van der Waals surface area contributed by atoms with E-state index in [0.717, 1.165) is 12.0 Å². The van der Waals surface area contributed by atoms with E-state index in [1.807, 2.05) is 24.3 Å². The Morgan fingerprint density at radius 2 is 2.37 bits per heavy atom. The lowest BCUT2D eigenvalue weighted by Crippen LogP contribution is -2.52. The van der Waals surface area contributed by atoms with Crippen LogP contribution in [0.5, 0.6) is 0 Å². The highest BCUT2D eigenvalue weighted by atomic mass is 35.5. The number of halogens is 2. The minimum atomic E-state index is -0.545. The van der Waals surface area contributed by atoms with Gasteiger partial charge >= 0.3 is 0 Å². The van der Waals surface area contributed by atoms with Crippen LogP contribution in [-0.2, 0) is 16.0 Å². The fourth-order valence-electron chi connectivity index (χ4n) is 2.29. The molecule has 0 aliphatic carbocycles. The number of carbonyl (C=O) groups is 1. The first-order valence-electron chi connectivity index (χ1n) is 6.29. The maximum Gasteiger partial charge on any atom is 0.238 e. The zero-order valence-corrected chi connectivity index (χ0v) is 12.3. The molecular formula is C14H17Cl2NO2. The van der Waals surface area contributed by atoms with E-state index < -0.39 is 5.38 Å². The molecule has 1 aliphatic rings. The van der Waals surface area contributed by atoms with Crippen molar-refractivity contribution in [2.45, 2.75) is 30.7 Å². The molecule has 1 fully saturated rings. The van der Waals surface area contributed by atoms with Gasteiger partial charge in [-0.15, -0.1) is 11.6 Å². The third kappa shape index (κ3) is 3.85. The summed E-state index contributed by atoms with van der Waals surface area (Å²) in [5.74, 6) is -0.158. The van der Waals surface area contributed by atoms with Crippen molar-refractivity contribution in [3.63, 3.8) is 0 Å². The van der Waals surface area contributed by atoms with E-state index in [2.05, 4.69) is 5.32 Å². The highest BCUT2D eigenvalue weighted by Crippen LogP contribution is 2.25. The number of nitrogens with one attached hydrogen (secondary N) is 1. The molecule has 5 heteroatoms. The molecule has 0 saturated carbocycles. The Labute approximate surface area is 123 Å². The Bertz CT molecular complexity index is 457. The van der Waals surface area contributed by atoms with E-state index in [4.69, 9.17) is 27.9 Å². The summed E-state index contributed by atoms with van der Waals surface area (Å²) in [6.45, 7) is 2.83. The number of alkyl halides is 1. The van der Waals surface area contributed by atoms with E-state index in [-0.39, 0.29) is 11.4 Å². The summed E-state index contributed by atoms with van der Waals surface area (Å²) < 4.78 is 5.45. The smallest absolute Gasteiger partial charge is 0.238 e. The van der Waals surface area contributed by atoms with Crippen LogP contribution in [-0.4, -0.2) is 30.0 Å². The van der Waals surface area contributed by atoms with Crippen LogP contribution in [0.1, 0.15) is 18.9 Å². The summed E-state index contributed by atoms with van der Waals surface area (Å²) in [5.41, 5.74) is 0.714. The van der Waals surface area contributed by atoms with Crippen LogP contribution >= 0.6 is 23.2 Å². The predicted octanol–water partition coefficient (Wildman–Crippen LogP) is 2.79. The molecule has 0 bridgehead atoms. The molecule has 0 radical (unpaired) electrons. The topological polar surface area (TPSA) is 38.3 Å². The second-order valence-electron chi connectivity index (χ2n) is 4.99. The van der Waals surface area contributed by atoms with Crippen LogP contribution in [0.2, 0.25) is 5.02 Å². The average molecular weight is 302 g/mol. The fraction of sp³-hybridized carbons (Fsp3) is 0.500. The molecule has 19 heavy (non-hydrogen) atoms. The van der Waals surface area contributed by atoms with Gasteiger partial charge in [-0.3, -0.25) is 4.79 Å². The monoisotopic (exact) mass is 301 g/mol. The zero-order chi connectivity index (χ0) is 13.9. The summed E-state index contributed by atoms with van der Waals surface area (Å²) in [7, 11) is 0. The molecule has 0 spiro atoms. The lowest BCUT2D eigenvalue weighted by atomic mass is 9.89. The molecular weight excluding hydrogens is 285 g/mol. The van der Waals surface area contributed by atoms with Gasteiger partial charge in [0.2, 0.25) is 5.91 Å². The molecule has 2 atom stereocenters. The lowest BCUT2D eigenvalue weighted by molar-refractivity contribution is -0.122. The number of hydrogen-bond acceptors (Lipinski definition) is 2. The Morgan fingerprint density at radius 1 is 1.58 bits per heavy atom. The maximum atomic E-state index is 11.8. The molecule has 104 valence electrons. The van der Waals surface area contributed by atoms with Gasteiger partial charge in [-0.25, -0.2) is 0 Å². The van der Waals surface area contributed by atoms with Crippen LogP contribution < -0.4 is 5.32 Å². The third-order valence-electron chi connectivity index (χ3n) is 3.28. The van der Waals surface area contributed by atoms with E-state index in [9.17, 15) is 4.79 Å². The third-order valence-corrected chi connectivity index (χ3v) is 3.72. The van der Waals surface area contributed by atoms with Crippen molar-refractivity contribution < 1.29 is 9.53 Å². The van der Waals surface area contributed by atoms with Crippen molar-refractivity contribution in [2.24, 2.45) is 0 Å². The quantitative estimate of drug-likeness (QED) is 0.869. The SMILES string of the molecule is CC(Cl)C(=O)NC1(Cc2cccc(Cl)c2)CCOC1. The molecule has 1 aliphatic heterocycles. The van der Waals surface area contributed by atoms with Gasteiger partial charge in [0.25, 0.3) is 0 Å². The Kier molecular flexibility index (Phi) is 4.71. The molecule has 0 aromatic heterocycles. The van der Waals surface area contributed by atoms with Crippen molar-refractivity contribution in [3.8, 4) is 0 Å². The summed E-state index contributed by atoms with van der Waals surface area (Å²) in [6.07, 6.45) is 1.48. The zero-order valence-electron chi connectivity index (χ0n) is 10.8. The van der Waals surface area contributed by atoms with Crippen LogP contribution in [0.3, 0.4) is 0 Å². The number of amides is 1. The largest absolute Gasteiger partial charge is 0.379 e. The number of carbonyl (C=O) groups excluding carboxylic acids is 1. The number of benzene rings is 1. The second-order valence-corrected chi connectivity index (χ2v) is 6.09. The van der Waals surface area contributed by atoms with Crippen LogP contribution in [0.4, 0.5) is 0 Å². The number of rotatable bonds is 4. The van der Waals surface area contributed by atoms with Gasteiger partial charge in [0, 0.05) is 11.6 Å². The van der Waals surface area contributed by atoms with E-state index in [0.29, 0.717) is 24.7 Å². The lowest BCUT2D eigenvalue weighted by Gasteiger charge is -2.29. The minimum absolute atomic E-state index is 0.158. The molecule has 3 nitrogen and oxygen atoms in total.